The Morgan fingerprint density at radius 2 is 1.82 bits per heavy atom. The third-order valence-corrected chi connectivity index (χ3v) is 6.70. The first-order valence-electron chi connectivity index (χ1n) is 9.52. The number of aryl methyl sites for hydroxylation is 1. The molecule has 1 aliphatic heterocycles. The topological polar surface area (TPSA) is 92.5 Å². The van der Waals surface area contributed by atoms with Gasteiger partial charge in [-0.25, -0.2) is 8.42 Å². The number of anilines is 1. The summed E-state index contributed by atoms with van der Waals surface area (Å²) in [5, 5.41) is 6.61. The van der Waals surface area contributed by atoms with Crippen molar-refractivity contribution in [2.75, 3.05) is 18.4 Å². The summed E-state index contributed by atoms with van der Waals surface area (Å²) in [6, 6.07) is 8.51. The Kier molecular flexibility index (Phi) is 5.90. The van der Waals surface area contributed by atoms with Gasteiger partial charge in [-0.15, -0.1) is 0 Å². The molecule has 0 unspecified atom stereocenters. The summed E-state index contributed by atoms with van der Waals surface area (Å²) in [6.07, 6.45) is 2.61. The first-order valence-corrected chi connectivity index (χ1v) is 11.0. The van der Waals surface area contributed by atoms with Crippen LogP contribution in [0.25, 0.3) is 0 Å². The molecule has 2 heterocycles. The molecule has 0 radical (unpaired) electrons. The van der Waals surface area contributed by atoms with Gasteiger partial charge in [0, 0.05) is 31.0 Å². The molecule has 8 heteroatoms. The number of aromatic nitrogens is 1. The highest BCUT2D eigenvalue weighted by atomic mass is 32.2. The number of sulfonamides is 1. The summed E-state index contributed by atoms with van der Waals surface area (Å²) >= 11 is 0. The standard InChI is InChI=1S/C20H27N3O4S/c1-20(2,3)17-14-18(22-27-17)21-19(24)11-8-15-6-9-16(10-7-15)28(25,26)23-12-4-5-13-23/h6-7,9-10,14H,4-5,8,11-13H2,1-3H3,(H,21,22,24). The number of carbonyl (C=O) groups is 1. The number of benzene rings is 1. The van der Waals surface area contributed by atoms with Crippen LogP contribution in [0.15, 0.2) is 39.8 Å². The zero-order valence-electron chi connectivity index (χ0n) is 16.6. The number of hydrogen-bond donors (Lipinski definition) is 1. The zero-order valence-corrected chi connectivity index (χ0v) is 17.4. The summed E-state index contributed by atoms with van der Waals surface area (Å²) < 4.78 is 31.8. The molecule has 1 aromatic heterocycles. The van der Waals surface area contributed by atoms with E-state index in [2.05, 4.69) is 10.5 Å². The van der Waals surface area contributed by atoms with Crippen LogP contribution < -0.4 is 5.32 Å². The second-order valence-corrected chi connectivity index (χ2v) is 10.1. The van der Waals surface area contributed by atoms with Crippen LogP contribution in [-0.2, 0) is 26.7 Å². The van der Waals surface area contributed by atoms with E-state index in [0.29, 0.717) is 36.0 Å². The molecule has 2 aromatic rings. The Morgan fingerprint density at radius 3 is 2.39 bits per heavy atom. The minimum absolute atomic E-state index is 0.164. The monoisotopic (exact) mass is 405 g/mol. The van der Waals surface area contributed by atoms with Crippen molar-refractivity contribution >= 4 is 21.7 Å². The fraction of sp³-hybridized carbons (Fsp3) is 0.500. The van der Waals surface area contributed by atoms with Crippen molar-refractivity contribution in [3.63, 3.8) is 0 Å². The molecule has 0 bridgehead atoms. The molecular weight excluding hydrogens is 378 g/mol. The molecule has 0 aliphatic carbocycles. The Balaban J connectivity index is 1.54. The molecule has 1 N–H and O–H groups in total. The molecule has 1 aromatic carbocycles. The number of hydrogen-bond acceptors (Lipinski definition) is 5. The van der Waals surface area contributed by atoms with Gasteiger partial charge in [0.1, 0.15) is 5.76 Å². The van der Waals surface area contributed by atoms with Gasteiger partial charge < -0.3 is 9.84 Å². The maximum atomic E-state index is 12.5. The van der Waals surface area contributed by atoms with Crippen molar-refractivity contribution in [1.29, 1.82) is 0 Å². The summed E-state index contributed by atoms with van der Waals surface area (Å²) in [4.78, 5) is 12.5. The lowest BCUT2D eigenvalue weighted by Gasteiger charge is -2.15. The minimum Gasteiger partial charge on any atom is -0.359 e. The summed E-state index contributed by atoms with van der Waals surface area (Å²) in [5.41, 5.74) is 0.735. The van der Waals surface area contributed by atoms with E-state index in [9.17, 15) is 13.2 Å². The van der Waals surface area contributed by atoms with E-state index in [1.165, 1.54) is 4.31 Å². The van der Waals surface area contributed by atoms with E-state index >= 15 is 0 Å². The van der Waals surface area contributed by atoms with E-state index in [1.807, 2.05) is 20.8 Å². The molecule has 0 spiro atoms. The fourth-order valence-electron chi connectivity index (χ4n) is 3.06. The molecule has 1 amide bonds. The van der Waals surface area contributed by atoms with Gasteiger partial charge in [-0.3, -0.25) is 4.79 Å². The SMILES string of the molecule is CC(C)(C)c1cc(NC(=O)CCc2ccc(S(=O)(=O)N3CCCC3)cc2)no1. The summed E-state index contributed by atoms with van der Waals surface area (Å²) in [5.74, 6) is 0.946. The molecule has 152 valence electrons. The average Bonchev–Trinajstić information content (AvgIpc) is 3.32. The van der Waals surface area contributed by atoms with Crippen molar-refractivity contribution in [2.45, 2.75) is 56.8 Å². The van der Waals surface area contributed by atoms with Crippen LogP contribution in [0.1, 0.15) is 51.4 Å². The van der Waals surface area contributed by atoms with Crippen LogP contribution in [-0.4, -0.2) is 36.9 Å². The van der Waals surface area contributed by atoms with Gasteiger partial charge in [0.2, 0.25) is 15.9 Å². The quantitative estimate of drug-likeness (QED) is 0.796. The van der Waals surface area contributed by atoms with E-state index in [4.69, 9.17) is 4.52 Å². The lowest BCUT2D eigenvalue weighted by molar-refractivity contribution is -0.116. The maximum Gasteiger partial charge on any atom is 0.243 e. The van der Waals surface area contributed by atoms with Crippen molar-refractivity contribution in [2.24, 2.45) is 0 Å². The normalized spacial score (nSPS) is 15.7. The van der Waals surface area contributed by atoms with Crippen molar-refractivity contribution in [3.05, 3.63) is 41.7 Å². The maximum absolute atomic E-state index is 12.5. The van der Waals surface area contributed by atoms with Crippen LogP contribution in [0, 0.1) is 0 Å². The fourth-order valence-corrected chi connectivity index (χ4v) is 4.57. The van der Waals surface area contributed by atoms with Gasteiger partial charge >= 0.3 is 0 Å². The second kappa shape index (κ2) is 8.05. The molecule has 1 saturated heterocycles. The molecule has 0 atom stereocenters. The molecule has 3 rings (SSSR count). The van der Waals surface area contributed by atoms with Crippen LogP contribution >= 0.6 is 0 Å². The van der Waals surface area contributed by atoms with Gasteiger partial charge in [0.25, 0.3) is 0 Å². The van der Waals surface area contributed by atoms with E-state index in [0.717, 1.165) is 18.4 Å². The average molecular weight is 406 g/mol. The smallest absolute Gasteiger partial charge is 0.243 e. The molecule has 1 aliphatic rings. The Morgan fingerprint density at radius 1 is 1.18 bits per heavy atom. The van der Waals surface area contributed by atoms with E-state index < -0.39 is 10.0 Å². The molecule has 0 saturated carbocycles. The number of nitrogens with one attached hydrogen (secondary N) is 1. The lowest BCUT2D eigenvalue weighted by Crippen LogP contribution is -2.27. The van der Waals surface area contributed by atoms with Gasteiger partial charge in [-0.1, -0.05) is 38.1 Å². The number of carbonyl (C=O) groups excluding carboxylic acids is 1. The molecular formula is C20H27N3O4S. The van der Waals surface area contributed by atoms with Crippen molar-refractivity contribution in [3.8, 4) is 0 Å². The first-order chi connectivity index (χ1) is 13.2. The minimum atomic E-state index is -3.40. The molecule has 28 heavy (non-hydrogen) atoms. The predicted molar refractivity (Wildman–Crippen MR) is 107 cm³/mol. The Hall–Kier alpha value is -2.19. The van der Waals surface area contributed by atoms with Crippen LogP contribution in [0.2, 0.25) is 0 Å². The number of rotatable bonds is 6. The summed E-state index contributed by atoms with van der Waals surface area (Å²) in [7, 11) is -3.40. The van der Waals surface area contributed by atoms with Crippen molar-refractivity contribution in [1.82, 2.24) is 9.46 Å². The van der Waals surface area contributed by atoms with E-state index in [1.54, 1.807) is 30.3 Å². The third-order valence-electron chi connectivity index (χ3n) is 4.78. The highest BCUT2D eigenvalue weighted by Gasteiger charge is 2.27. The summed E-state index contributed by atoms with van der Waals surface area (Å²) in [6.45, 7) is 7.19. The van der Waals surface area contributed by atoms with Gasteiger partial charge in [-0.05, 0) is 37.0 Å². The number of nitrogens with zero attached hydrogens (tertiary/aromatic N) is 2. The first kappa shape index (κ1) is 20.5. The Bertz CT molecular complexity index is 921. The highest BCUT2D eigenvalue weighted by molar-refractivity contribution is 7.89. The van der Waals surface area contributed by atoms with Crippen LogP contribution in [0.5, 0.6) is 0 Å². The van der Waals surface area contributed by atoms with Gasteiger partial charge in [0.15, 0.2) is 5.82 Å². The van der Waals surface area contributed by atoms with Crippen LogP contribution in [0.3, 0.4) is 0 Å². The highest BCUT2D eigenvalue weighted by Crippen LogP contribution is 2.24. The third kappa shape index (κ3) is 4.80. The van der Waals surface area contributed by atoms with Crippen molar-refractivity contribution < 1.29 is 17.7 Å². The largest absolute Gasteiger partial charge is 0.359 e. The van der Waals surface area contributed by atoms with Gasteiger partial charge in [0.05, 0.1) is 4.90 Å². The van der Waals surface area contributed by atoms with Crippen LogP contribution in [0.4, 0.5) is 5.82 Å². The predicted octanol–water partition coefficient (Wildman–Crippen LogP) is 3.33. The molecule has 7 nitrogen and oxygen atoms in total. The van der Waals surface area contributed by atoms with E-state index in [-0.39, 0.29) is 17.7 Å². The lowest BCUT2D eigenvalue weighted by atomic mass is 9.93. The molecule has 1 fully saturated rings. The van der Waals surface area contributed by atoms with Gasteiger partial charge in [-0.2, -0.15) is 4.31 Å². The second-order valence-electron chi connectivity index (χ2n) is 8.13. The zero-order chi connectivity index (χ0) is 20.4. The Labute approximate surface area is 166 Å². The number of amides is 1.